The van der Waals surface area contributed by atoms with Crippen molar-refractivity contribution in [2.24, 2.45) is 5.10 Å². The van der Waals surface area contributed by atoms with E-state index in [2.05, 4.69) is 22.8 Å². The van der Waals surface area contributed by atoms with Crippen molar-refractivity contribution in [1.29, 1.82) is 0 Å². The van der Waals surface area contributed by atoms with Gasteiger partial charge in [-0.25, -0.2) is 5.43 Å². The van der Waals surface area contributed by atoms with E-state index >= 15 is 0 Å². The Balaban J connectivity index is 1.77. The zero-order valence-corrected chi connectivity index (χ0v) is 15.5. The Morgan fingerprint density at radius 2 is 1.89 bits per heavy atom. The maximum Gasteiger partial charge on any atom is 0.259 e. The van der Waals surface area contributed by atoms with Gasteiger partial charge in [-0.2, -0.15) is 5.10 Å². The van der Waals surface area contributed by atoms with Gasteiger partial charge >= 0.3 is 0 Å². The van der Waals surface area contributed by atoms with E-state index in [-0.39, 0.29) is 18.0 Å². The molecule has 0 aliphatic carbocycles. The molecule has 0 saturated carbocycles. The standard InChI is InChI=1S/C20H23N3O5/c1-2-3-10-28-17-8-5-14(6-9-17)20(27)21-13-19(26)23-22-12-15-4-7-16(24)11-18(15)25/h4-9,11-12,24-25H,2-3,10,13H2,1H3,(H,21,27)(H,23,26). The second-order valence-corrected chi connectivity index (χ2v) is 5.95. The van der Waals surface area contributed by atoms with Crippen LogP contribution in [0.3, 0.4) is 0 Å². The third-order valence-corrected chi connectivity index (χ3v) is 3.70. The summed E-state index contributed by atoms with van der Waals surface area (Å²) in [4.78, 5) is 23.8. The first-order chi connectivity index (χ1) is 13.5. The summed E-state index contributed by atoms with van der Waals surface area (Å²) in [6, 6.07) is 10.6. The number of nitrogens with one attached hydrogen (secondary N) is 2. The number of ether oxygens (including phenoxy) is 1. The number of phenolic OH excluding ortho intramolecular Hbond substituents is 2. The Morgan fingerprint density at radius 1 is 1.14 bits per heavy atom. The zero-order chi connectivity index (χ0) is 20.4. The molecule has 0 bridgehead atoms. The van der Waals surface area contributed by atoms with Gasteiger partial charge in [0.05, 0.1) is 19.4 Å². The van der Waals surface area contributed by atoms with E-state index in [0.29, 0.717) is 23.5 Å². The van der Waals surface area contributed by atoms with Crippen molar-refractivity contribution in [3.05, 3.63) is 53.6 Å². The van der Waals surface area contributed by atoms with E-state index < -0.39 is 11.8 Å². The van der Waals surface area contributed by atoms with Crippen molar-refractivity contribution in [2.45, 2.75) is 19.8 Å². The molecule has 0 unspecified atom stereocenters. The topological polar surface area (TPSA) is 120 Å². The Kier molecular flexibility index (Phi) is 7.83. The maximum atomic E-state index is 12.1. The first-order valence-electron chi connectivity index (χ1n) is 8.84. The van der Waals surface area contributed by atoms with Gasteiger partial charge in [0.15, 0.2) is 0 Å². The molecule has 0 aliphatic heterocycles. The molecule has 2 aromatic rings. The molecule has 0 heterocycles. The number of hydrogen-bond donors (Lipinski definition) is 4. The lowest BCUT2D eigenvalue weighted by Crippen LogP contribution is -2.34. The van der Waals surface area contributed by atoms with E-state index in [4.69, 9.17) is 4.74 Å². The summed E-state index contributed by atoms with van der Waals surface area (Å²) in [6.07, 6.45) is 3.24. The van der Waals surface area contributed by atoms with E-state index in [0.717, 1.165) is 18.9 Å². The predicted octanol–water partition coefficient (Wildman–Crippen LogP) is 2.16. The van der Waals surface area contributed by atoms with Crippen LogP contribution < -0.4 is 15.5 Å². The van der Waals surface area contributed by atoms with Gasteiger partial charge in [-0.15, -0.1) is 0 Å². The average molecular weight is 385 g/mol. The molecule has 28 heavy (non-hydrogen) atoms. The monoisotopic (exact) mass is 385 g/mol. The summed E-state index contributed by atoms with van der Waals surface area (Å²) >= 11 is 0. The van der Waals surface area contributed by atoms with Crippen molar-refractivity contribution in [2.75, 3.05) is 13.2 Å². The Labute approximate surface area is 162 Å². The third-order valence-electron chi connectivity index (χ3n) is 3.70. The molecule has 8 heteroatoms. The van der Waals surface area contributed by atoms with Crippen LogP contribution in [0.25, 0.3) is 0 Å². The van der Waals surface area contributed by atoms with Crippen LogP contribution in [0.4, 0.5) is 0 Å². The van der Waals surface area contributed by atoms with Gasteiger partial charge in [0, 0.05) is 17.2 Å². The minimum atomic E-state index is -0.526. The number of phenols is 2. The molecule has 8 nitrogen and oxygen atoms in total. The van der Waals surface area contributed by atoms with Crippen molar-refractivity contribution < 1.29 is 24.5 Å². The highest BCUT2D eigenvalue weighted by Crippen LogP contribution is 2.20. The minimum Gasteiger partial charge on any atom is -0.508 e. The van der Waals surface area contributed by atoms with E-state index in [1.165, 1.54) is 18.3 Å². The van der Waals surface area contributed by atoms with Crippen LogP contribution >= 0.6 is 0 Å². The quantitative estimate of drug-likeness (QED) is 0.299. The molecule has 0 radical (unpaired) electrons. The van der Waals surface area contributed by atoms with Crippen LogP contribution in [-0.2, 0) is 4.79 Å². The fourth-order valence-corrected chi connectivity index (χ4v) is 2.15. The van der Waals surface area contributed by atoms with Gasteiger partial charge in [-0.3, -0.25) is 9.59 Å². The fraction of sp³-hybridized carbons (Fsp3) is 0.250. The lowest BCUT2D eigenvalue weighted by atomic mass is 10.2. The van der Waals surface area contributed by atoms with E-state index in [1.54, 1.807) is 24.3 Å². The average Bonchev–Trinajstić information content (AvgIpc) is 2.68. The summed E-state index contributed by atoms with van der Waals surface area (Å²) < 4.78 is 5.53. The summed E-state index contributed by atoms with van der Waals surface area (Å²) in [5, 5.41) is 25.0. The van der Waals surface area contributed by atoms with Gasteiger partial charge in [-0.05, 0) is 42.8 Å². The highest BCUT2D eigenvalue weighted by molar-refractivity contribution is 5.96. The normalized spacial score (nSPS) is 10.6. The molecule has 0 fully saturated rings. The summed E-state index contributed by atoms with van der Waals surface area (Å²) in [5.74, 6) is -0.484. The Hall–Kier alpha value is -3.55. The van der Waals surface area contributed by atoms with Gasteiger partial charge in [0.1, 0.15) is 17.2 Å². The van der Waals surface area contributed by atoms with Crippen LogP contribution in [0.2, 0.25) is 0 Å². The summed E-state index contributed by atoms with van der Waals surface area (Å²) in [6.45, 7) is 2.45. The molecule has 0 aliphatic rings. The molecule has 4 N–H and O–H groups in total. The van der Waals surface area contributed by atoms with Crippen molar-refractivity contribution in [3.8, 4) is 17.2 Å². The number of aromatic hydroxyl groups is 2. The zero-order valence-electron chi connectivity index (χ0n) is 15.5. The molecule has 148 valence electrons. The summed E-state index contributed by atoms with van der Waals surface area (Å²) in [5.41, 5.74) is 2.97. The van der Waals surface area contributed by atoms with Crippen LogP contribution in [0.5, 0.6) is 17.2 Å². The predicted molar refractivity (Wildman–Crippen MR) is 105 cm³/mol. The largest absolute Gasteiger partial charge is 0.508 e. The second kappa shape index (κ2) is 10.6. The number of hydrogen-bond acceptors (Lipinski definition) is 6. The molecular formula is C20H23N3O5. The van der Waals surface area contributed by atoms with Gasteiger partial charge < -0.3 is 20.3 Å². The first-order valence-corrected chi connectivity index (χ1v) is 8.84. The highest BCUT2D eigenvalue weighted by atomic mass is 16.5. The first kappa shape index (κ1) is 20.8. The number of unbranched alkanes of at least 4 members (excludes halogenated alkanes) is 1. The number of rotatable bonds is 9. The molecule has 2 aromatic carbocycles. The molecule has 0 aromatic heterocycles. The molecule has 0 atom stereocenters. The highest BCUT2D eigenvalue weighted by Gasteiger charge is 2.08. The molecule has 2 amide bonds. The van der Waals surface area contributed by atoms with E-state index in [1.807, 2.05) is 0 Å². The number of amides is 2. The maximum absolute atomic E-state index is 12.1. The lowest BCUT2D eigenvalue weighted by Gasteiger charge is -2.07. The van der Waals surface area contributed by atoms with Gasteiger partial charge in [-0.1, -0.05) is 13.3 Å². The molecular weight excluding hydrogens is 362 g/mol. The smallest absolute Gasteiger partial charge is 0.259 e. The summed E-state index contributed by atoms with van der Waals surface area (Å²) in [7, 11) is 0. The van der Waals surface area contributed by atoms with Crippen molar-refractivity contribution >= 4 is 18.0 Å². The number of nitrogens with zero attached hydrogens (tertiary/aromatic N) is 1. The second-order valence-electron chi connectivity index (χ2n) is 5.95. The number of carbonyl (C=O) groups excluding carboxylic acids is 2. The third kappa shape index (κ3) is 6.64. The van der Waals surface area contributed by atoms with Crippen LogP contribution in [0, 0.1) is 0 Å². The molecule has 0 spiro atoms. The van der Waals surface area contributed by atoms with Crippen LogP contribution in [-0.4, -0.2) is 41.4 Å². The Morgan fingerprint density at radius 3 is 2.57 bits per heavy atom. The van der Waals surface area contributed by atoms with Crippen molar-refractivity contribution in [3.63, 3.8) is 0 Å². The SMILES string of the molecule is CCCCOc1ccc(C(=O)NCC(=O)NN=Cc2ccc(O)cc2O)cc1. The number of benzene rings is 2. The number of hydrazone groups is 1. The van der Waals surface area contributed by atoms with Crippen molar-refractivity contribution in [1.82, 2.24) is 10.7 Å². The lowest BCUT2D eigenvalue weighted by molar-refractivity contribution is -0.120. The Bertz CT molecular complexity index is 834. The van der Waals surface area contributed by atoms with Crippen LogP contribution in [0.1, 0.15) is 35.7 Å². The van der Waals surface area contributed by atoms with Gasteiger partial charge in [0.2, 0.25) is 0 Å². The molecule has 2 rings (SSSR count). The fourth-order valence-electron chi connectivity index (χ4n) is 2.15. The minimum absolute atomic E-state index is 0.0815. The molecule has 0 saturated heterocycles. The number of carbonyl (C=O) groups is 2. The van der Waals surface area contributed by atoms with Crippen LogP contribution in [0.15, 0.2) is 47.6 Å². The van der Waals surface area contributed by atoms with E-state index in [9.17, 15) is 19.8 Å². The van der Waals surface area contributed by atoms with Gasteiger partial charge in [0.25, 0.3) is 11.8 Å².